The van der Waals surface area contributed by atoms with Crippen LogP contribution in [0.1, 0.15) is 19.4 Å². The number of ether oxygens (including phenoxy) is 1. The SMILES string of the molecule is C#Cc1ccc(OC(C)C)cc1-c1ccsc1. The molecule has 0 aliphatic heterocycles. The van der Waals surface area contributed by atoms with Crippen LogP contribution in [-0.2, 0) is 0 Å². The molecule has 0 bridgehead atoms. The molecule has 1 aromatic carbocycles. The standard InChI is InChI=1S/C15H14OS/c1-4-12-5-6-14(16-11(2)3)9-15(12)13-7-8-17-10-13/h1,5-11H,2-3H3. The second kappa shape index (κ2) is 5.07. The number of rotatable bonds is 3. The third kappa shape index (κ3) is 2.69. The molecule has 0 saturated carbocycles. The molecule has 0 saturated heterocycles. The van der Waals surface area contributed by atoms with E-state index in [2.05, 4.69) is 17.4 Å². The number of hydrogen-bond acceptors (Lipinski definition) is 2. The zero-order chi connectivity index (χ0) is 12.3. The first-order chi connectivity index (χ1) is 8.20. The van der Waals surface area contributed by atoms with Crippen LogP contribution in [0.3, 0.4) is 0 Å². The molecule has 2 rings (SSSR count). The molecular formula is C15H14OS. The first-order valence-corrected chi connectivity index (χ1v) is 6.45. The van der Waals surface area contributed by atoms with Crippen molar-refractivity contribution in [2.24, 2.45) is 0 Å². The summed E-state index contributed by atoms with van der Waals surface area (Å²) >= 11 is 1.66. The average Bonchev–Trinajstić information content (AvgIpc) is 2.81. The van der Waals surface area contributed by atoms with Crippen molar-refractivity contribution < 1.29 is 4.74 Å². The highest BCUT2D eigenvalue weighted by molar-refractivity contribution is 7.08. The van der Waals surface area contributed by atoms with E-state index in [0.29, 0.717) is 0 Å². The maximum Gasteiger partial charge on any atom is 0.120 e. The van der Waals surface area contributed by atoms with Crippen LogP contribution < -0.4 is 4.74 Å². The summed E-state index contributed by atoms with van der Waals surface area (Å²) in [7, 11) is 0. The lowest BCUT2D eigenvalue weighted by Gasteiger charge is -2.11. The number of hydrogen-bond donors (Lipinski definition) is 0. The first-order valence-electron chi connectivity index (χ1n) is 5.50. The van der Waals surface area contributed by atoms with Crippen LogP contribution in [0, 0.1) is 12.3 Å². The molecule has 17 heavy (non-hydrogen) atoms. The molecule has 0 aliphatic rings. The monoisotopic (exact) mass is 242 g/mol. The Hall–Kier alpha value is -1.72. The van der Waals surface area contributed by atoms with Gasteiger partial charge < -0.3 is 4.74 Å². The average molecular weight is 242 g/mol. The first kappa shape index (κ1) is 11.8. The second-order valence-corrected chi connectivity index (χ2v) is 4.81. The van der Waals surface area contributed by atoms with Gasteiger partial charge >= 0.3 is 0 Å². The van der Waals surface area contributed by atoms with Gasteiger partial charge in [-0.15, -0.1) is 6.42 Å². The Labute approximate surface area is 106 Å². The van der Waals surface area contributed by atoms with E-state index in [1.165, 1.54) is 0 Å². The smallest absolute Gasteiger partial charge is 0.120 e. The summed E-state index contributed by atoms with van der Waals surface area (Å²) in [6.07, 6.45) is 5.69. The number of benzene rings is 1. The third-order valence-corrected chi connectivity index (χ3v) is 3.03. The Balaban J connectivity index is 2.45. The Morgan fingerprint density at radius 2 is 2.12 bits per heavy atom. The Kier molecular flexibility index (Phi) is 3.51. The van der Waals surface area contributed by atoms with Gasteiger partial charge in [0.25, 0.3) is 0 Å². The summed E-state index contributed by atoms with van der Waals surface area (Å²) in [5.41, 5.74) is 3.11. The molecular weight excluding hydrogens is 228 g/mol. The van der Waals surface area contributed by atoms with Gasteiger partial charge in [0.1, 0.15) is 5.75 Å². The van der Waals surface area contributed by atoms with Gasteiger partial charge in [0.2, 0.25) is 0 Å². The molecule has 0 fully saturated rings. The van der Waals surface area contributed by atoms with Crippen LogP contribution in [0.15, 0.2) is 35.0 Å². The van der Waals surface area contributed by atoms with Crippen molar-refractivity contribution in [3.05, 3.63) is 40.6 Å². The molecule has 0 aliphatic carbocycles. The van der Waals surface area contributed by atoms with Crippen LogP contribution >= 0.6 is 11.3 Å². The van der Waals surface area contributed by atoms with Crippen LogP contribution in [0.25, 0.3) is 11.1 Å². The summed E-state index contributed by atoms with van der Waals surface area (Å²) in [4.78, 5) is 0. The molecule has 1 nitrogen and oxygen atoms in total. The zero-order valence-electron chi connectivity index (χ0n) is 9.94. The van der Waals surface area contributed by atoms with Gasteiger partial charge in [-0.05, 0) is 54.4 Å². The molecule has 0 radical (unpaired) electrons. The number of terminal acetylenes is 1. The maximum atomic E-state index is 5.69. The van der Waals surface area contributed by atoms with Crippen molar-refractivity contribution >= 4 is 11.3 Å². The fraction of sp³-hybridized carbons (Fsp3) is 0.200. The molecule has 0 atom stereocenters. The minimum atomic E-state index is 0.169. The Morgan fingerprint density at radius 3 is 2.71 bits per heavy atom. The third-order valence-electron chi connectivity index (χ3n) is 2.35. The largest absolute Gasteiger partial charge is 0.491 e. The predicted octanol–water partition coefficient (Wildman–Crippen LogP) is 4.18. The fourth-order valence-electron chi connectivity index (χ4n) is 1.65. The lowest BCUT2D eigenvalue weighted by molar-refractivity contribution is 0.242. The second-order valence-electron chi connectivity index (χ2n) is 4.03. The highest BCUT2D eigenvalue weighted by atomic mass is 32.1. The quantitative estimate of drug-likeness (QED) is 0.733. The fourth-order valence-corrected chi connectivity index (χ4v) is 2.31. The van der Waals surface area contributed by atoms with Crippen LogP contribution in [0.2, 0.25) is 0 Å². The molecule has 0 N–H and O–H groups in total. The van der Waals surface area contributed by atoms with Gasteiger partial charge in [0.05, 0.1) is 6.10 Å². The topological polar surface area (TPSA) is 9.23 Å². The van der Waals surface area contributed by atoms with E-state index in [9.17, 15) is 0 Å². The maximum absolute atomic E-state index is 5.69. The summed E-state index contributed by atoms with van der Waals surface area (Å²) in [6, 6.07) is 7.94. The highest BCUT2D eigenvalue weighted by Crippen LogP contribution is 2.29. The van der Waals surface area contributed by atoms with E-state index in [4.69, 9.17) is 11.2 Å². The minimum absolute atomic E-state index is 0.169. The van der Waals surface area contributed by atoms with Crippen molar-refractivity contribution in [3.63, 3.8) is 0 Å². The van der Waals surface area contributed by atoms with E-state index in [1.807, 2.05) is 37.4 Å². The summed E-state index contributed by atoms with van der Waals surface area (Å²) < 4.78 is 5.69. The highest BCUT2D eigenvalue weighted by Gasteiger charge is 2.07. The van der Waals surface area contributed by atoms with E-state index >= 15 is 0 Å². The van der Waals surface area contributed by atoms with Crippen molar-refractivity contribution in [1.29, 1.82) is 0 Å². The van der Waals surface area contributed by atoms with Crippen molar-refractivity contribution in [2.75, 3.05) is 0 Å². The lowest BCUT2D eigenvalue weighted by atomic mass is 10.0. The van der Waals surface area contributed by atoms with Gasteiger partial charge in [0.15, 0.2) is 0 Å². The van der Waals surface area contributed by atoms with E-state index in [0.717, 1.165) is 22.4 Å². The van der Waals surface area contributed by atoms with E-state index in [-0.39, 0.29) is 6.10 Å². The number of thiophene rings is 1. The molecule has 0 spiro atoms. The summed E-state index contributed by atoms with van der Waals surface area (Å²) in [5, 5.41) is 4.14. The van der Waals surface area contributed by atoms with Gasteiger partial charge in [-0.2, -0.15) is 11.3 Å². The van der Waals surface area contributed by atoms with Crippen LogP contribution in [0.5, 0.6) is 5.75 Å². The van der Waals surface area contributed by atoms with Gasteiger partial charge in [-0.3, -0.25) is 0 Å². The molecule has 2 aromatic rings. The van der Waals surface area contributed by atoms with Gasteiger partial charge in [-0.25, -0.2) is 0 Å². The molecule has 0 unspecified atom stereocenters. The van der Waals surface area contributed by atoms with Crippen molar-refractivity contribution in [2.45, 2.75) is 20.0 Å². The molecule has 1 heterocycles. The Morgan fingerprint density at radius 1 is 1.29 bits per heavy atom. The summed E-state index contributed by atoms with van der Waals surface area (Å²) in [5.74, 6) is 3.57. The molecule has 1 aromatic heterocycles. The molecule has 0 amide bonds. The molecule has 86 valence electrons. The normalized spacial score (nSPS) is 10.2. The van der Waals surface area contributed by atoms with Gasteiger partial charge in [-0.1, -0.05) is 5.92 Å². The molecule has 2 heteroatoms. The zero-order valence-corrected chi connectivity index (χ0v) is 10.8. The van der Waals surface area contributed by atoms with Gasteiger partial charge in [0, 0.05) is 11.1 Å². The summed E-state index contributed by atoms with van der Waals surface area (Å²) in [6.45, 7) is 4.03. The van der Waals surface area contributed by atoms with Crippen LogP contribution in [0.4, 0.5) is 0 Å². The minimum Gasteiger partial charge on any atom is -0.491 e. The van der Waals surface area contributed by atoms with Crippen molar-refractivity contribution in [3.8, 4) is 29.2 Å². The van der Waals surface area contributed by atoms with Crippen LogP contribution in [-0.4, -0.2) is 6.10 Å². The Bertz CT molecular complexity index is 533. The van der Waals surface area contributed by atoms with E-state index < -0.39 is 0 Å². The van der Waals surface area contributed by atoms with Crippen molar-refractivity contribution in [1.82, 2.24) is 0 Å². The predicted molar refractivity (Wildman–Crippen MR) is 73.5 cm³/mol. The lowest BCUT2D eigenvalue weighted by Crippen LogP contribution is -2.05. The van der Waals surface area contributed by atoms with E-state index in [1.54, 1.807) is 11.3 Å².